The van der Waals surface area contributed by atoms with Gasteiger partial charge in [0.25, 0.3) is 5.91 Å². The number of anilines is 1. The molecule has 0 aliphatic carbocycles. The molecule has 140 valence electrons. The van der Waals surface area contributed by atoms with E-state index in [1.165, 1.54) is 0 Å². The molecule has 1 atom stereocenters. The fourth-order valence-electron chi connectivity index (χ4n) is 3.01. The number of carbonyl (C=O) groups is 2. The molecule has 2 aromatic rings. The fraction of sp³-hybridized carbons (Fsp3) is 0.200. The fourth-order valence-corrected chi connectivity index (χ4v) is 3.01. The number of amides is 3. The summed E-state index contributed by atoms with van der Waals surface area (Å²) in [6, 6.07) is 13.3. The predicted octanol–water partition coefficient (Wildman–Crippen LogP) is 2.97. The van der Waals surface area contributed by atoms with Crippen molar-refractivity contribution in [2.24, 2.45) is 0 Å². The van der Waals surface area contributed by atoms with Crippen LogP contribution in [0.3, 0.4) is 0 Å². The van der Waals surface area contributed by atoms with E-state index in [9.17, 15) is 9.59 Å². The summed E-state index contributed by atoms with van der Waals surface area (Å²) >= 11 is 0. The van der Waals surface area contributed by atoms with Crippen molar-refractivity contribution in [3.8, 4) is 11.5 Å². The maximum Gasteiger partial charge on any atom is 0.319 e. The zero-order chi connectivity index (χ0) is 19.4. The van der Waals surface area contributed by atoms with Crippen LogP contribution in [-0.2, 0) is 4.79 Å². The van der Waals surface area contributed by atoms with Crippen molar-refractivity contribution in [1.29, 1.82) is 0 Å². The van der Waals surface area contributed by atoms with Gasteiger partial charge in [-0.15, -0.1) is 0 Å². The molecule has 3 N–H and O–H groups in total. The van der Waals surface area contributed by atoms with Crippen LogP contribution in [-0.4, -0.2) is 26.2 Å². The Labute approximate surface area is 157 Å². The van der Waals surface area contributed by atoms with Crippen molar-refractivity contribution in [3.05, 3.63) is 65.4 Å². The molecule has 0 saturated carbocycles. The third-order valence-electron chi connectivity index (χ3n) is 4.31. The predicted molar refractivity (Wildman–Crippen MR) is 102 cm³/mol. The molecule has 0 radical (unpaired) electrons. The van der Waals surface area contributed by atoms with Crippen LogP contribution in [0.1, 0.15) is 18.5 Å². The Morgan fingerprint density at radius 2 is 1.74 bits per heavy atom. The van der Waals surface area contributed by atoms with Crippen LogP contribution in [0.25, 0.3) is 0 Å². The largest absolute Gasteiger partial charge is 0.497 e. The molecule has 1 aliphatic rings. The second kappa shape index (κ2) is 7.82. The molecular formula is C20H21N3O4. The minimum absolute atomic E-state index is 0.318. The molecule has 7 heteroatoms. The highest BCUT2D eigenvalue weighted by Crippen LogP contribution is 2.33. The van der Waals surface area contributed by atoms with Gasteiger partial charge in [-0.1, -0.05) is 18.2 Å². The highest BCUT2D eigenvalue weighted by atomic mass is 16.5. The first kappa shape index (κ1) is 18.3. The van der Waals surface area contributed by atoms with Crippen LogP contribution >= 0.6 is 0 Å². The Kier molecular flexibility index (Phi) is 5.30. The van der Waals surface area contributed by atoms with Gasteiger partial charge in [0.2, 0.25) is 0 Å². The SMILES string of the molecule is COc1ccc(NC(=O)C2=C(C)NC(=O)N[C@H]2c2ccccc2OC)cc1. The zero-order valence-electron chi connectivity index (χ0n) is 15.3. The number of carbonyl (C=O) groups excluding carboxylic acids is 2. The van der Waals surface area contributed by atoms with E-state index >= 15 is 0 Å². The van der Waals surface area contributed by atoms with Crippen LogP contribution in [0.4, 0.5) is 10.5 Å². The van der Waals surface area contributed by atoms with Crippen LogP contribution in [0.2, 0.25) is 0 Å². The first-order valence-electron chi connectivity index (χ1n) is 8.40. The Balaban J connectivity index is 1.94. The number of ether oxygens (including phenoxy) is 2. The Bertz CT molecular complexity index is 890. The van der Waals surface area contributed by atoms with Crippen molar-refractivity contribution in [2.75, 3.05) is 19.5 Å². The van der Waals surface area contributed by atoms with E-state index in [0.717, 1.165) is 0 Å². The Hall–Kier alpha value is -3.48. The molecule has 0 bridgehead atoms. The van der Waals surface area contributed by atoms with Gasteiger partial charge in [0, 0.05) is 16.9 Å². The van der Waals surface area contributed by atoms with E-state index in [-0.39, 0.29) is 11.9 Å². The first-order valence-corrected chi connectivity index (χ1v) is 8.40. The summed E-state index contributed by atoms with van der Waals surface area (Å²) in [5, 5.41) is 8.32. The molecule has 0 spiro atoms. The molecule has 2 aromatic carbocycles. The highest BCUT2D eigenvalue weighted by molar-refractivity contribution is 6.06. The lowest BCUT2D eigenvalue weighted by Crippen LogP contribution is -2.46. The lowest BCUT2D eigenvalue weighted by atomic mass is 9.94. The molecule has 1 aliphatic heterocycles. The van der Waals surface area contributed by atoms with Crippen LogP contribution in [0.5, 0.6) is 11.5 Å². The van der Waals surface area contributed by atoms with E-state index < -0.39 is 6.04 Å². The molecule has 3 rings (SSSR count). The summed E-state index contributed by atoms with van der Waals surface area (Å²) < 4.78 is 10.5. The molecule has 0 aromatic heterocycles. The van der Waals surface area contributed by atoms with Gasteiger partial charge in [-0.2, -0.15) is 0 Å². The summed E-state index contributed by atoms with van der Waals surface area (Å²) in [4.78, 5) is 25.0. The van der Waals surface area contributed by atoms with Gasteiger partial charge < -0.3 is 25.4 Å². The van der Waals surface area contributed by atoms with Gasteiger partial charge in [-0.05, 0) is 37.3 Å². The maximum atomic E-state index is 13.0. The number of hydrogen-bond acceptors (Lipinski definition) is 4. The smallest absolute Gasteiger partial charge is 0.319 e. The second-order valence-electron chi connectivity index (χ2n) is 5.99. The van der Waals surface area contributed by atoms with E-state index in [1.54, 1.807) is 51.5 Å². The van der Waals surface area contributed by atoms with Crippen LogP contribution < -0.4 is 25.4 Å². The van der Waals surface area contributed by atoms with Crippen molar-refractivity contribution in [2.45, 2.75) is 13.0 Å². The topological polar surface area (TPSA) is 88.7 Å². The lowest BCUT2D eigenvalue weighted by molar-refractivity contribution is -0.113. The van der Waals surface area contributed by atoms with Crippen molar-refractivity contribution < 1.29 is 19.1 Å². The number of para-hydroxylation sites is 1. The summed E-state index contributed by atoms with van der Waals surface area (Å²) in [5.41, 5.74) is 2.22. The number of methoxy groups -OCH3 is 2. The number of allylic oxidation sites excluding steroid dienone is 1. The Morgan fingerprint density at radius 3 is 2.41 bits per heavy atom. The molecule has 0 unspecified atom stereocenters. The third-order valence-corrected chi connectivity index (χ3v) is 4.31. The summed E-state index contributed by atoms with van der Waals surface area (Å²) in [6.07, 6.45) is 0. The number of urea groups is 1. The van der Waals surface area contributed by atoms with Crippen LogP contribution in [0, 0.1) is 0 Å². The zero-order valence-corrected chi connectivity index (χ0v) is 15.3. The minimum Gasteiger partial charge on any atom is -0.497 e. The van der Waals surface area contributed by atoms with Gasteiger partial charge in [0.15, 0.2) is 0 Å². The summed E-state index contributed by atoms with van der Waals surface area (Å²) in [6.45, 7) is 1.70. The van der Waals surface area contributed by atoms with E-state index in [2.05, 4.69) is 16.0 Å². The van der Waals surface area contributed by atoms with Gasteiger partial charge in [0.05, 0.1) is 25.8 Å². The lowest BCUT2D eigenvalue weighted by Gasteiger charge is -2.29. The monoisotopic (exact) mass is 367 g/mol. The van der Waals surface area contributed by atoms with Gasteiger partial charge in [-0.3, -0.25) is 4.79 Å². The third kappa shape index (κ3) is 3.87. The molecule has 27 heavy (non-hydrogen) atoms. The average Bonchev–Trinajstić information content (AvgIpc) is 2.67. The maximum absolute atomic E-state index is 13.0. The van der Waals surface area contributed by atoms with Gasteiger partial charge in [-0.25, -0.2) is 4.79 Å². The number of hydrogen-bond donors (Lipinski definition) is 3. The average molecular weight is 367 g/mol. The molecule has 0 fully saturated rings. The summed E-state index contributed by atoms with van der Waals surface area (Å²) in [7, 11) is 3.13. The van der Waals surface area contributed by atoms with Gasteiger partial charge >= 0.3 is 6.03 Å². The molecular weight excluding hydrogens is 346 g/mol. The first-order chi connectivity index (χ1) is 13.0. The standard InChI is InChI=1S/C20H21N3O4/c1-12-17(19(24)22-13-8-10-14(26-2)11-9-13)18(23-20(25)21-12)15-6-4-5-7-16(15)27-3/h4-11,18H,1-3H3,(H,22,24)(H2,21,23,25)/t18-/m0/s1. The van der Waals surface area contributed by atoms with Crippen LogP contribution in [0.15, 0.2) is 59.8 Å². The quantitative estimate of drug-likeness (QED) is 0.758. The molecule has 7 nitrogen and oxygen atoms in total. The van der Waals surface area contributed by atoms with Crippen molar-refractivity contribution >= 4 is 17.6 Å². The molecule has 3 amide bonds. The highest BCUT2D eigenvalue weighted by Gasteiger charge is 2.32. The Morgan fingerprint density at radius 1 is 1.04 bits per heavy atom. The number of nitrogens with one attached hydrogen (secondary N) is 3. The van der Waals surface area contributed by atoms with E-state index in [1.807, 2.05) is 18.2 Å². The van der Waals surface area contributed by atoms with E-state index in [0.29, 0.717) is 34.0 Å². The van der Waals surface area contributed by atoms with Crippen molar-refractivity contribution in [1.82, 2.24) is 10.6 Å². The second-order valence-corrected chi connectivity index (χ2v) is 5.99. The molecule has 1 heterocycles. The van der Waals surface area contributed by atoms with Gasteiger partial charge in [0.1, 0.15) is 11.5 Å². The van der Waals surface area contributed by atoms with E-state index in [4.69, 9.17) is 9.47 Å². The van der Waals surface area contributed by atoms with Crippen molar-refractivity contribution in [3.63, 3.8) is 0 Å². The number of benzene rings is 2. The summed E-state index contributed by atoms with van der Waals surface area (Å²) in [5.74, 6) is 0.968. The minimum atomic E-state index is -0.631. The molecule has 0 saturated heterocycles. The number of rotatable bonds is 5. The normalized spacial score (nSPS) is 16.3.